The fourth-order valence-corrected chi connectivity index (χ4v) is 1.47. The lowest BCUT2D eigenvalue weighted by Crippen LogP contribution is -2.40. The van der Waals surface area contributed by atoms with E-state index in [2.05, 4.69) is 5.16 Å². The van der Waals surface area contributed by atoms with Crippen molar-refractivity contribution in [1.29, 1.82) is 0 Å². The van der Waals surface area contributed by atoms with Crippen molar-refractivity contribution in [1.82, 2.24) is 4.90 Å². The largest absolute Gasteiger partial charge is 0.409 e. The highest BCUT2D eigenvalue weighted by molar-refractivity contribution is 6.02. The number of nitrogens with two attached hydrogens (primary N) is 1. The summed E-state index contributed by atoms with van der Waals surface area (Å²) in [6.45, 7) is 1.85. The van der Waals surface area contributed by atoms with Gasteiger partial charge >= 0.3 is 0 Å². The molecule has 0 aromatic carbocycles. The van der Waals surface area contributed by atoms with Gasteiger partial charge in [-0.15, -0.1) is 0 Å². The van der Waals surface area contributed by atoms with E-state index < -0.39 is 5.92 Å². The SMILES string of the molecule is CCC(C(=O)N(C)C1CC1)C(N)=NO. The molecule has 1 fully saturated rings. The van der Waals surface area contributed by atoms with Crippen LogP contribution in [-0.2, 0) is 4.79 Å². The van der Waals surface area contributed by atoms with E-state index in [1.165, 1.54) is 0 Å². The van der Waals surface area contributed by atoms with Gasteiger partial charge in [-0.3, -0.25) is 4.79 Å². The summed E-state index contributed by atoms with van der Waals surface area (Å²) in [6.07, 6.45) is 2.69. The number of carbonyl (C=O) groups excluding carboxylic acids is 1. The van der Waals surface area contributed by atoms with Crippen LogP contribution >= 0.6 is 0 Å². The molecule has 0 spiro atoms. The molecule has 0 aromatic heterocycles. The van der Waals surface area contributed by atoms with Crippen molar-refractivity contribution in [3.63, 3.8) is 0 Å². The monoisotopic (exact) mass is 199 g/mol. The van der Waals surface area contributed by atoms with Gasteiger partial charge in [0.2, 0.25) is 5.91 Å². The molecule has 1 amide bonds. The number of amides is 1. The first-order chi connectivity index (χ1) is 6.61. The molecule has 1 aliphatic carbocycles. The first kappa shape index (κ1) is 10.8. The van der Waals surface area contributed by atoms with Crippen LogP contribution in [0.25, 0.3) is 0 Å². The second-order valence-electron chi connectivity index (χ2n) is 3.67. The number of rotatable bonds is 4. The summed E-state index contributed by atoms with van der Waals surface area (Å²) in [4.78, 5) is 13.5. The van der Waals surface area contributed by atoms with Crippen LogP contribution in [0.5, 0.6) is 0 Å². The van der Waals surface area contributed by atoms with Crippen molar-refractivity contribution in [3.05, 3.63) is 0 Å². The fourth-order valence-electron chi connectivity index (χ4n) is 1.47. The second kappa shape index (κ2) is 4.30. The highest BCUT2D eigenvalue weighted by Crippen LogP contribution is 2.27. The number of carbonyl (C=O) groups is 1. The normalized spacial score (nSPS) is 19.1. The maximum atomic E-state index is 11.8. The average molecular weight is 199 g/mol. The summed E-state index contributed by atoms with van der Waals surface area (Å²) in [7, 11) is 1.77. The zero-order valence-corrected chi connectivity index (χ0v) is 8.60. The predicted molar refractivity (Wildman–Crippen MR) is 53.0 cm³/mol. The van der Waals surface area contributed by atoms with Crippen molar-refractivity contribution in [2.75, 3.05) is 7.05 Å². The summed E-state index contributed by atoms with van der Waals surface area (Å²) in [5.41, 5.74) is 5.44. The van der Waals surface area contributed by atoms with E-state index in [0.717, 1.165) is 12.8 Å². The summed E-state index contributed by atoms with van der Waals surface area (Å²) < 4.78 is 0. The van der Waals surface area contributed by atoms with Crippen LogP contribution in [-0.4, -0.2) is 34.9 Å². The van der Waals surface area contributed by atoms with Gasteiger partial charge in [-0.05, 0) is 19.3 Å². The zero-order chi connectivity index (χ0) is 10.7. The van der Waals surface area contributed by atoms with E-state index in [9.17, 15) is 4.79 Å². The van der Waals surface area contributed by atoms with Crippen molar-refractivity contribution >= 4 is 11.7 Å². The molecule has 0 bridgehead atoms. The van der Waals surface area contributed by atoms with Gasteiger partial charge in [0.25, 0.3) is 0 Å². The van der Waals surface area contributed by atoms with Gasteiger partial charge in [-0.1, -0.05) is 12.1 Å². The Bertz CT molecular complexity index is 248. The van der Waals surface area contributed by atoms with E-state index in [-0.39, 0.29) is 11.7 Å². The van der Waals surface area contributed by atoms with Gasteiger partial charge in [-0.2, -0.15) is 0 Å². The van der Waals surface area contributed by atoms with Crippen LogP contribution < -0.4 is 5.73 Å². The summed E-state index contributed by atoms with van der Waals surface area (Å²) in [6, 6.07) is 0.364. The van der Waals surface area contributed by atoms with E-state index in [1.807, 2.05) is 6.92 Å². The third-order valence-electron chi connectivity index (χ3n) is 2.62. The lowest BCUT2D eigenvalue weighted by Gasteiger charge is -2.21. The highest BCUT2D eigenvalue weighted by Gasteiger charge is 2.34. The number of oxime groups is 1. The van der Waals surface area contributed by atoms with Gasteiger partial charge in [0.15, 0.2) is 5.84 Å². The molecule has 0 heterocycles. The molecule has 5 heteroatoms. The van der Waals surface area contributed by atoms with E-state index in [0.29, 0.717) is 12.5 Å². The van der Waals surface area contributed by atoms with Gasteiger partial charge in [0.1, 0.15) is 0 Å². The molecule has 14 heavy (non-hydrogen) atoms. The fraction of sp³-hybridized carbons (Fsp3) is 0.778. The maximum Gasteiger partial charge on any atom is 0.233 e. The number of hydrogen-bond acceptors (Lipinski definition) is 3. The second-order valence-corrected chi connectivity index (χ2v) is 3.67. The van der Waals surface area contributed by atoms with Crippen LogP contribution in [0.1, 0.15) is 26.2 Å². The molecule has 0 radical (unpaired) electrons. The number of amidine groups is 1. The predicted octanol–water partition coefficient (Wildman–Crippen LogP) is 0.380. The van der Waals surface area contributed by atoms with E-state index in [4.69, 9.17) is 10.9 Å². The third-order valence-corrected chi connectivity index (χ3v) is 2.62. The maximum absolute atomic E-state index is 11.8. The minimum Gasteiger partial charge on any atom is -0.409 e. The smallest absolute Gasteiger partial charge is 0.233 e. The molecule has 3 N–H and O–H groups in total. The first-order valence-corrected chi connectivity index (χ1v) is 4.85. The molecule has 1 unspecified atom stereocenters. The van der Waals surface area contributed by atoms with Crippen molar-refractivity contribution in [2.45, 2.75) is 32.2 Å². The van der Waals surface area contributed by atoms with E-state index in [1.54, 1.807) is 11.9 Å². The molecule has 0 aromatic rings. The van der Waals surface area contributed by atoms with Crippen molar-refractivity contribution < 1.29 is 10.0 Å². The van der Waals surface area contributed by atoms with Gasteiger partial charge < -0.3 is 15.8 Å². The minimum atomic E-state index is -0.481. The Morgan fingerprint density at radius 2 is 2.29 bits per heavy atom. The topological polar surface area (TPSA) is 78.9 Å². The Morgan fingerprint density at radius 3 is 2.64 bits per heavy atom. The Hall–Kier alpha value is -1.26. The standard InChI is InChI=1S/C9H17N3O2/c1-3-7(8(10)11-14)9(13)12(2)6-4-5-6/h6-7,14H,3-5H2,1-2H3,(H2,10,11). The van der Waals surface area contributed by atoms with Crippen LogP contribution in [0.2, 0.25) is 0 Å². The molecule has 0 aliphatic heterocycles. The molecule has 1 aliphatic rings. The minimum absolute atomic E-state index is 0.00463. The molecule has 1 rings (SSSR count). The van der Waals surface area contributed by atoms with Gasteiger partial charge in [-0.25, -0.2) is 0 Å². The van der Waals surface area contributed by atoms with Crippen LogP contribution in [0.3, 0.4) is 0 Å². The Morgan fingerprint density at radius 1 is 1.71 bits per heavy atom. The van der Waals surface area contributed by atoms with Gasteiger partial charge in [0.05, 0.1) is 5.92 Å². The van der Waals surface area contributed by atoms with Crippen LogP contribution in [0, 0.1) is 5.92 Å². The summed E-state index contributed by atoms with van der Waals surface area (Å²) in [5, 5.41) is 11.4. The lowest BCUT2D eigenvalue weighted by atomic mass is 10.0. The lowest BCUT2D eigenvalue weighted by molar-refractivity contribution is -0.132. The van der Waals surface area contributed by atoms with Crippen molar-refractivity contribution in [2.24, 2.45) is 16.8 Å². The van der Waals surface area contributed by atoms with Crippen molar-refractivity contribution in [3.8, 4) is 0 Å². The molecule has 1 atom stereocenters. The highest BCUT2D eigenvalue weighted by atomic mass is 16.4. The molecule has 1 saturated carbocycles. The van der Waals surface area contributed by atoms with Crippen LogP contribution in [0.15, 0.2) is 5.16 Å². The zero-order valence-electron chi connectivity index (χ0n) is 8.60. The molecule has 0 saturated heterocycles. The summed E-state index contributed by atoms with van der Waals surface area (Å²) in [5.74, 6) is -0.527. The third kappa shape index (κ3) is 2.16. The Kier molecular flexibility index (Phi) is 3.33. The first-order valence-electron chi connectivity index (χ1n) is 4.85. The molecule has 80 valence electrons. The average Bonchev–Trinajstić information content (AvgIpc) is 3.00. The number of hydrogen-bond donors (Lipinski definition) is 2. The molecule has 5 nitrogen and oxygen atoms in total. The summed E-state index contributed by atoms with van der Waals surface area (Å²) >= 11 is 0. The number of nitrogens with zero attached hydrogens (tertiary/aromatic N) is 2. The van der Waals surface area contributed by atoms with E-state index >= 15 is 0 Å². The van der Waals surface area contributed by atoms with Crippen LogP contribution in [0.4, 0.5) is 0 Å². The molecular weight excluding hydrogens is 182 g/mol. The van der Waals surface area contributed by atoms with Gasteiger partial charge in [0, 0.05) is 13.1 Å². The quantitative estimate of drug-likeness (QED) is 0.297. The Labute approximate surface area is 83.6 Å². The molecular formula is C9H17N3O2. The Balaban J connectivity index is 2.63.